The average molecular weight is 349 g/mol. The van der Waals surface area contributed by atoms with Crippen LogP contribution in [-0.4, -0.2) is 0 Å². The number of hydrogen-bond acceptors (Lipinski definition) is 1. The third kappa shape index (κ3) is 2.97. The van der Waals surface area contributed by atoms with Gasteiger partial charge in [0.1, 0.15) is 5.82 Å². The molecule has 0 radical (unpaired) electrons. The fourth-order valence-corrected chi connectivity index (χ4v) is 2.29. The molecule has 0 bridgehead atoms. The van der Waals surface area contributed by atoms with Crippen LogP contribution in [0.1, 0.15) is 5.56 Å². The first kappa shape index (κ1) is 13.7. The Morgan fingerprint density at radius 1 is 1.11 bits per heavy atom. The first-order chi connectivity index (χ1) is 8.59. The Bertz CT molecular complexity index is 523. The molecular formula is C13H9BrCl2FN. The van der Waals surface area contributed by atoms with E-state index in [0.717, 1.165) is 10.2 Å². The third-order valence-corrected chi connectivity index (χ3v) is 4.27. The molecule has 0 aliphatic rings. The van der Waals surface area contributed by atoms with Gasteiger partial charge in [-0.3, -0.25) is 0 Å². The summed E-state index contributed by atoms with van der Waals surface area (Å²) in [7, 11) is 0. The Labute approximate surface area is 123 Å². The average Bonchev–Trinajstić information content (AvgIpc) is 2.36. The fourth-order valence-electron chi connectivity index (χ4n) is 1.52. The zero-order valence-corrected chi connectivity index (χ0v) is 12.3. The molecule has 94 valence electrons. The van der Waals surface area contributed by atoms with E-state index in [1.165, 1.54) is 6.07 Å². The minimum Gasteiger partial charge on any atom is -0.380 e. The van der Waals surface area contributed by atoms with E-state index >= 15 is 0 Å². The van der Waals surface area contributed by atoms with E-state index < -0.39 is 5.82 Å². The molecule has 0 saturated heterocycles. The molecule has 2 aromatic carbocycles. The zero-order valence-electron chi connectivity index (χ0n) is 9.18. The predicted molar refractivity (Wildman–Crippen MR) is 77.9 cm³/mol. The van der Waals surface area contributed by atoms with Crippen molar-refractivity contribution in [2.45, 2.75) is 6.54 Å². The van der Waals surface area contributed by atoms with Gasteiger partial charge in [0.05, 0.1) is 20.2 Å². The maximum absolute atomic E-state index is 13.3. The topological polar surface area (TPSA) is 12.0 Å². The van der Waals surface area contributed by atoms with Gasteiger partial charge in [0.15, 0.2) is 0 Å². The Morgan fingerprint density at radius 2 is 1.83 bits per heavy atom. The SMILES string of the molecule is Fc1cccc(CNc2cccc(Cl)c2Br)c1Cl. The van der Waals surface area contributed by atoms with E-state index in [2.05, 4.69) is 21.2 Å². The maximum atomic E-state index is 13.3. The lowest BCUT2D eigenvalue weighted by Crippen LogP contribution is -2.01. The molecule has 5 heteroatoms. The summed E-state index contributed by atoms with van der Waals surface area (Å²) in [5.74, 6) is -0.416. The van der Waals surface area contributed by atoms with Crippen molar-refractivity contribution in [1.29, 1.82) is 0 Å². The van der Waals surface area contributed by atoms with Gasteiger partial charge >= 0.3 is 0 Å². The summed E-state index contributed by atoms with van der Waals surface area (Å²) in [6, 6.07) is 10.2. The molecule has 0 amide bonds. The van der Waals surface area contributed by atoms with E-state index in [4.69, 9.17) is 23.2 Å². The Kier molecular flexibility index (Phi) is 4.49. The Morgan fingerprint density at radius 3 is 2.61 bits per heavy atom. The molecule has 18 heavy (non-hydrogen) atoms. The summed E-state index contributed by atoms with van der Waals surface area (Å²) in [6.45, 7) is 0.426. The summed E-state index contributed by atoms with van der Waals surface area (Å²) in [5, 5.41) is 3.91. The molecule has 2 rings (SSSR count). The second-order valence-electron chi connectivity index (χ2n) is 3.67. The molecule has 0 aliphatic carbocycles. The van der Waals surface area contributed by atoms with Crippen molar-refractivity contribution in [3.8, 4) is 0 Å². The largest absolute Gasteiger partial charge is 0.380 e. The summed E-state index contributed by atoms with van der Waals surface area (Å²) in [5.41, 5.74) is 1.53. The van der Waals surface area contributed by atoms with Crippen molar-refractivity contribution in [3.05, 3.63) is 62.3 Å². The monoisotopic (exact) mass is 347 g/mol. The summed E-state index contributed by atoms with van der Waals surface area (Å²) in [4.78, 5) is 0. The first-order valence-electron chi connectivity index (χ1n) is 5.20. The molecule has 0 heterocycles. The van der Waals surface area contributed by atoms with Gasteiger partial charge in [0.25, 0.3) is 0 Å². The molecule has 0 spiro atoms. The summed E-state index contributed by atoms with van der Waals surface area (Å²) in [6.07, 6.45) is 0. The lowest BCUT2D eigenvalue weighted by Gasteiger charge is -2.10. The number of halogens is 4. The van der Waals surface area contributed by atoms with Gasteiger partial charge in [0, 0.05) is 6.54 Å². The fraction of sp³-hybridized carbons (Fsp3) is 0.0769. The van der Waals surface area contributed by atoms with Gasteiger partial charge in [-0.15, -0.1) is 0 Å². The highest BCUT2D eigenvalue weighted by Crippen LogP contribution is 2.30. The highest BCUT2D eigenvalue weighted by atomic mass is 79.9. The van der Waals surface area contributed by atoms with Gasteiger partial charge in [-0.2, -0.15) is 0 Å². The smallest absolute Gasteiger partial charge is 0.142 e. The van der Waals surface area contributed by atoms with Crippen molar-refractivity contribution in [1.82, 2.24) is 0 Å². The van der Waals surface area contributed by atoms with E-state index in [-0.39, 0.29) is 5.02 Å². The van der Waals surface area contributed by atoms with Crippen LogP contribution in [0.15, 0.2) is 40.9 Å². The minimum atomic E-state index is -0.416. The molecule has 1 N–H and O–H groups in total. The lowest BCUT2D eigenvalue weighted by molar-refractivity contribution is 0.626. The molecule has 2 aromatic rings. The summed E-state index contributed by atoms with van der Waals surface area (Å²) >= 11 is 15.2. The van der Waals surface area contributed by atoms with Crippen molar-refractivity contribution in [2.24, 2.45) is 0 Å². The molecule has 0 aliphatic heterocycles. The Hall–Kier alpha value is -0.770. The van der Waals surface area contributed by atoms with Crippen LogP contribution in [0.2, 0.25) is 10.0 Å². The number of anilines is 1. The van der Waals surface area contributed by atoms with Crippen LogP contribution in [0.25, 0.3) is 0 Å². The number of rotatable bonds is 3. The van der Waals surface area contributed by atoms with Gasteiger partial charge in [-0.05, 0) is 39.7 Å². The molecule has 0 fully saturated rings. The van der Waals surface area contributed by atoms with Crippen LogP contribution in [0, 0.1) is 5.82 Å². The quantitative estimate of drug-likeness (QED) is 0.771. The van der Waals surface area contributed by atoms with Gasteiger partial charge in [-0.1, -0.05) is 41.4 Å². The number of nitrogens with one attached hydrogen (secondary N) is 1. The molecule has 0 atom stereocenters. The van der Waals surface area contributed by atoms with Crippen LogP contribution in [-0.2, 0) is 6.54 Å². The van der Waals surface area contributed by atoms with E-state index in [9.17, 15) is 4.39 Å². The maximum Gasteiger partial charge on any atom is 0.142 e. The van der Waals surface area contributed by atoms with Crippen LogP contribution < -0.4 is 5.32 Å². The Balaban J connectivity index is 2.17. The second-order valence-corrected chi connectivity index (χ2v) is 5.25. The summed E-state index contributed by atoms with van der Waals surface area (Å²) < 4.78 is 14.0. The van der Waals surface area contributed by atoms with Crippen molar-refractivity contribution in [3.63, 3.8) is 0 Å². The molecule has 1 nitrogen and oxygen atoms in total. The van der Waals surface area contributed by atoms with Crippen LogP contribution >= 0.6 is 39.1 Å². The number of hydrogen-bond donors (Lipinski definition) is 1. The van der Waals surface area contributed by atoms with E-state index in [1.54, 1.807) is 18.2 Å². The van der Waals surface area contributed by atoms with E-state index in [0.29, 0.717) is 17.1 Å². The van der Waals surface area contributed by atoms with Crippen molar-refractivity contribution in [2.75, 3.05) is 5.32 Å². The molecular weight excluding hydrogens is 340 g/mol. The predicted octanol–water partition coefficient (Wildman–Crippen LogP) is 5.51. The van der Waals surface area contributed by atoms with Crippen molar-refractivity contribution < 1.29 is 4.39 Å². The molecule has 0 unspecified atom stereocenters. The normalized spacial score (nSPS) is 10.4. The minimum absolute atomic E-state index is 0.142. The van der Waals surface area contributed by atoms with E-state index in [1.807, 2.05) is 12.1 Å². The highest BCUT2D eigenvalue weighted by molar-refractivity contribution is 9.10. The first-order valence-corrected chi connectivity index (χ1v) is 6.75. The van der Waals surface area contributed by atoms with Crippen molar-refractivity contribution >= 4 is 44.8 Å². The van der Waals surface area contributed by atoms with Gasteiger partial charge in [0.2, 0.25) is 0 Å². The lowest BCUT2D eigenvalue weighted by atomic mass is 10.2. The van der Waals surface area contributed by atoms with Crippen LogP contribution in [0.4, 0.5) is 10.1 Å². The standard InChI is InChI=1S/C13H9BrCl2FN/c14-12-9(15)4-2-6-11(12)18-7-8-3-1-5-10(17)13(8)16/h1-6,18H,7H2. The third-order valence-electron chi connectivity index (χ3n) is 2.45. The van der Waals surface area contributed by atoms with Crippen LogP contribution in [0.5, 0.6) is 0 Å². The zero-order chi connectivity index (χ0) is 13.1. The number of benzene rings is 2. The molecule has 0 saturated carbocycles. The van der Waals surface area contributed by atoms with Gasteiger partial charge in [-0.25, -0.2) is 4.39 Å². The van der Waals surface area contributed by atoms with Gasteiger partial charge < -0.3 is 5.32 Å². The van der Waals surface area contributed by atoms with Crippen LogP contribution in [0.3, 0.4) is 0 Å². The second kappa shape index (κ2) is 5.91. The highest BCUT2D eigenvalue weighted by Gasteiger charge is 2.07. The molecule has 0 aromatic heterocycles.